The number of rotatable bonds is 5. The summed E-state index contributed by atoms with van der Waals surface area (Å²) >= 11 is 0. The Hall–Kier alpha value is -0.930. The maximum absolute atomic E-state index is 6.12. The zero-order valence-electron chi connectivity index (χ0n) is 13.2. The van der Waals surface area contributed by atoms with Crippen molar-refractivity contribution in [1.82, 2.24) is 9.88 Å². The van der Waals surface area contributed by atoms with Gasteiger partial charge in [0.1, 0.15) is 0 Å². The molecule has 2 N–H and O–H groups in total. The molecule has 2 unspecified atom stereocenters. The topological polar surface area (TPSA) is 42.1 Å². The second-order valence-corrected chi connectivity index (χ2v) is 6.85. The predicted molar refractivity (Wildman–Crippen MR) is 84.4 cm³/mol. The van der Waals surface area contributed by atoms with Crippen LogP contribution in [0.1, 0.15) is 44.0 Å². The molecule has 0 amide bonds. The third kappa shape index (κ3) is 4.03. The third-order valence-electron chi connectivity index (χ3n) is 4.60. The number of hydrogen-bond acceptors (Lipinski definition) is 3. The van der Waals surface area contributed by atoms with Crippen LogP contribution in [0.15, 0.2) is 18.2 Å². The van der Waals surface area contributed by atoms with Crippen molar-refractivity contribution in [2.45, 2.75) is 46.1 Å². The van der Waals surface area contributed by atoms with E-state index in [0.29, 0.717) is 5.41 Å². The fourth-order valence-corrected chi connectivity index (χ4v) is 3.75. The standard InChI is InChI=1S/C17H29N3/c1-14-6-5-9-17(10-14,12-18)13-20(3)11-16-8-4-7-15(2)19-16/h4,7-8,14H,5-6,9-13,18H2,1-3H3. The van der Waals surface area contributed by atoms with Crippen LogP contribution in [-0.4, -0.2) is 30.0 Å². The van der Waals surface area contributed by atoms with Crippen molar-refractivity contribution >= 4 is 0 Å². The summed E-state index contributed by atoms with van der Waals surface area (Å²) in [5.41, 5.74) is 8.69. The molecule has 1 aliphatic carbocycles. The number of hydrogen-bond donors (Lipinski definition) is 1. The van der Waals surface area contributed by atoms with E-state index in [-0.39, 0.29) is 0 Å². The zero-order chi connectivity index (χ0) is 14.6. The summed E-state index contributed by atoms with van der Waals surface area (Å²) in [5.74, 6) is 0.817. The first-order chi connectivity index (χ1) is 9.53. The molecule has 0 aliphatic heterocycles. The van der Waals surface area contributed by atoms with Gasteiger partial charge in [-0.1, -0.05) is 25.8 Å². The molecule has 0 bridgehead atoms. The highest BCUT2D eigenvalue weighted by Crippen LogP contribution is 2.39. The Balaban J connectivity index is 1.97. The van der Waals surface area contributed by atoms with Gasteiger partial charge in [0.25, 0.3) is 0 Å². The molecule has 0 aromatic carbocycles. The number of nitrogens with two attached hydrogens (primary N) is 1. The average Bonchev–Trinajstić information content (AvgIpc) is 2.38. The van der Waals surface area contributed by atoms with Crippen LogP contribution in [0.25, 0.3) is 0 Å². The van der Waals surface area contributed by atoms with Gasteiger partial charge in [-0.25, -0.2) is 0 Å². The lowest BCUT2D eigenvalue weighted by Crippen LogP contribution is -2.44. The first-order valence-corrected chi connectivity index (χ1v) is 7.84. The van der Waals surface area contributed by atoms with Gasteiger partial charge in [-0.3, -0.25) is 9.88 Å². The largest absolute Gasteiger partial charge is 0.330 e. The molecular formula is C17H29N3. The van der Waals surface area contributed by atoms with Gasteiger partial charge in [0, 0.05) is 18.8 Å². The lowest BCUT2D eigenvalue weighted by molar-refractivity contribution is 0.0975. The van der Waals surface area contributed by atoms with E-state index in [9.17, 15) is 0 Å². The van der Waals surface area contributed by atoms with E-state index >= 15 is 0 Å². The molecule has 1 aromatic rings. The normalized spacial score (nSPS) is 26.9. The molecule has 3 nitrogen and oxygen atoms in total. The fourth-order valence-electron chi connectivity index (χ4n) is 3.75. The Kier molecular flexibility index (Phi) is 5.17. The van der Waals surface area contributed by atoms with Crippen molar-refractivity contribution in [3.05, 3.63) is 29.6 Å². The van der Waals surface area contributed by atoms with E-state index in [1.165, 1.54) is 25.7 Å². The molecule has 20 heavy (non-hydrogen) atoms. The second-order valence-electron chi connectivity index (χ2n) is 6.85. The summed E-state index contributed by atoms with van der Waals surface area (Å²) in [5, 5.41) is 0. The fraction of sp³-hybridized carbons (Fsp3) is 0.706. The minimum absolute atomic E-state index is 0.316. The van der Waals surface area contributed by atoms with Crippen molar-refractivity contribution in [2.75, 3.05) is 20.1 Å². The van der Waals surface area contributed by atoms with Crippen molar-refractivity contribution < 1.29 is 0 Å². The smallest absolute Gasteiger partial charge is 0.0547 e. The first kappa shape index (κ1) is 15.5. The monoisotopic (exact) mass is 275 g/mol. The lowest BCUT2D eigenvalue weighted by atomic mass is 9.70. The quantitative estimate of drug-likeness (QED) is 0.898. The van der Waals surface area contributed by atoms with Gasteiger partial charge >= 0.3 is 0 Å². The van der Waals surface area contributed by atoms with Gasteiger partial charge in [-0.15, -0.1) is 0 Å². The lowest BCUT2D eigenvalue weighted by Gasteiger charge is -2.41. The minimum Gasteiger partial charge on any atom is -0.330 e. The van der Waals surface area contributed by atoms with Crippen LogP contribution in [0.3, 0.4) is 0 Å². The van der Waals surface area contributed by atoms with Gasteiger partial charge in [-0.05, 0) is 56.8 Å². The molecule has 1 aromatic heterocycles. The van der Waals surface area contributed by atoms with Gasteiger partial charge in [-0.2, -0.15) is 0 Å². The molecule has 1 saturated carbocycles. The maximum Gasteiger partial charge on any atom is 0.0547 e. The number of aryl methyl sites for hydroxylation is 1. The Morgan fingerprint density at radius 2 is 2.25 bits per heavy atom. The van der Waals surface area contributed by atoms with Gasteiger partial charge in [0.15, 0.2) is 0 Å². The Morgan fingerprint density at radius 3 is 2.90 bits per heavy atom. The van der Waals surface area contributed by atoms with Crippen LogP contribution in [-0.2, 0) is 6.54 Å². The number of pyridine rings is 1. The Labute approximate surface area is 123 Å². The predicted octanol–water partition coefficient (Wildman–Crippen LogP) is 2.98. The van der Waals surface area contributed by atoms with Crippen LogP contribution in [0, 0.1) is 18.3 Å². The van der Waals surface area contributed by atoms with Crippen molar-refractivity contribution in [1.29, 1.82) is 0 Å². The van der Waals surface area contributed by atoms with E-state index in [2.05, 4.69) is 36.0 Å². The zero-order valence-corrected chi connectivity index (χ0v) is 13.2. The summed E-state index contributed by atoms with van der Waals surface area (Å²) < 4.78 is 0. The van der Waals surface area contributed by atoms with Gasteiger partial charge < -0.3 is 5.73 Å². The molecule has 3 heteroatoms. The van der Waals surface area contributed by atoms with Crippen LogP contribution in [0.2, 0.25) is 0 Å². The molecule has 2 rings (SSSR count). The molecule has 0 radical (unpaired) electrons. The number of aromatic nitrogens is 1. The SMILES string of the molecule is Cc1cccc(CN(C)CC2(CN)CCCC(C)C2)n1. The third-order valence-corrected chi connectivity index (χ3v) is 4.60. The van der Waals surface area contributed by atoms with Crippen molar-refractivity contribution in [3.8, 4) is 0 Å². The summed E-state index contributed by atoms with van der Waals surface area (Å²) in [6.45, 7) is 7.23. The maximum atomic E-state index is 6.12. The highest BCUT2D eigenvalue weighted by atomic mass is 15.1. The summed E-state index contributed by atoms with van der Waals surface area (Å²) in [6.07, 6.45) is 5.24. The van der Waals surface area contributed by atoms with Gasteiger partial charge in [0.05, 0.1) is 5.69 Å². The average molecular weight is 275 g/mol. The van der Waals surface area contributed by atoms with Crippen LogP contribution >= 0.6 is 0 Å². The van der Waals surface area contributed by atoms with E-state index in [4.69, 9.17) is 5.73 Å². The molecule has 0 saturated heterocycles. The first-order valence-electron chi connectivity index (χ1n) is 7.84. The van der Waals surface area contributed by atoms with Crippen molar-refractivity contribution in [3.63, 3.8) is 0 Å². The molecular weight excluding hydrogens is 246 g/mol. The summed E-state index contributed by atoms with van der Waals surface area (Å²) in [7, 11) is 2.20. The molecule has 0 spiro atoms. The van der Waals surface area contributed by atoms with Gasteiger partial charge in [0.2, 0.25) is 0 Å². The van der Waals surface area contributed by atoms with Crippen molar-refractivity contribution in [2.24, 2.45) is 17.1 Å². The molecule has 1 aliphatic rings. The molecule has 1 heterocycles. The van der Waals surface area contributed by atoms with Crippen LogP contribution in [0.5, 0.6) is 0 Å². The molecule has 1 fully saturated rings. The molecule has 2 atom stereocenters. The van der Waals surface area contributed by atoms with E-state index in [0.717, 1.165) is 36.9 Å². The van der Waals surface area contributed by atoms with E-state index in [1.807, 2.05) is 13.0 Å². The van der Waals surface area contributed by atoms with Crippen LogP contribution < -0.4 is 5.73 Å². The second kappa shape index (κ2) is 6.68. The Morgan fingerprint density at radius 1 is 1.45 bits per heavy atom. The highest BCUT2D eigenvalue weighted by Gasteiger charge is 2.34. The summed E-state index contributed by atoms with van der Waals surface area (Å²) in [4.78, 5) is 6.99. The minimum atomic E-state index is 0.316. The highest BCUT2D eigenvalue weighted by molar-refractivity contribution is 5.09. The number of nitrogens with zero attached hydrogens (tertiary/aromatic N) is 2. The van der Waals surface area contributed by atoms with E-state index in [1.54, 1.807) is 0 Å². The molecule has 112 valence electrons. The van der Waals surface area contributed by atoms with Crippen LogP contribution in [0.4, 0.5) is 0 Å². The summed E-state index contributed by atoms with van der Waals surface area (Å²) in [6, 6.07) is 6.25. The Bertz CT molecular complexity index is 432. The van der Waals surface area contributed by atoms with E-state index < -0.39 is 0 Å².